The SMILES string of the molecule is O=C(O)CN1C(=O)/C(=C/c2c(-c3ccccc3Br)nc3sc(C(F)(F)F)nn23)SC1=S. The predicted molar refractivity (Wildman–Crippen MR) is 117 cm³/mol. The molecule has 3 heterocycles. The third-order valence-electron chi connectivity index (χ3n) is 4.04. The van der Waals surface area contributed by atoms with E-state index in [2.05, 4.69) is 26.0 Å². The molecular formula is C17H8BrF3N4O3S3. The number of halogens is 4. The fraction of sp³-hybridized carbons (Fsp3) is 0.118. The number of aromatic nitrogens is 3. The van der Waals surface area contributed by atoms with Gasteiger partial charge in [0, 0.05) is 10.0 Å². The minimum Gasteiger partial charge on any atom is -0.480 e. The number of benzene rings is 1. The van der Waals surface area contributed by atoms with Gasteiger partial charge in [-0.25, -0.2) is 9.50 Å². The summed E-state index contributed by atoms with van der Waals surface area (Å²) in [5.74, 6) is -1.90. The van der Waals surface area contributed by atoms with E-state index in [1.807, 2.05) is 0 Å². The Bertz CT molecular complexity index is 1280. The number of fused-ring (bicyclic) bond motifs is 1. The number of nitrogens with zero attached hydrogens (tertiary/aromatic N) is 4. The molecular weight excluding hydrogens is 541 g/mol. The third-order valence-corrected chi connectivity index (χ3v) is 7.07. The number of thioether (sulfide) groups is 1. The Kier molecular flexibility index (Phi) is 5.66. The van der Waals surface area contributed by atoms with Crippen molar-refractivity contribution >= 4 is 78.5 Å². The number of hydrogen-bond acceptors (Lipinski definition) is 7. The Morgan fingerprint density at radius 2 is 2.03 bits per heavy atom. The highest BCUT2D eigenvalue weighted by atomic mass is 79.9. The van der Waals surface area contributed by atoms with Crippen molar-refractivity contribution in [3.63, 3.8) is 0 Å². The average molecular weight is 549 g/mol. The maximum atomic E-state index is 13.2. The zero-order valence-corrected chi connectivity index (χ0v) is 18.9. The molecule has 0 radical (unpaired) electrons. The lowest BCUT2D eigenvalue weighted by Crippen LogP contribution is -2.33. The van der Waals surface area contributed by atoms with Crippen LogP contribution in [0.1, 0.15) is 10.7 Å². The number of carbonyl (C=O) groups excluding carboxylic acids is 1. The first-order valence-corrected chi connectivity index (χ1v) is 11.1. The Hall–Kier alpha value is -2.29. The van der Waals surface area contributed by atoms with E-state index < -0.39 is 29.6 Å². The standard InChI is InChI=1S/C17H8BrF3N4O3S3/c18-8-4-2-1-3-7(8)12-9(25-15(22-12)31-14(23-25)17(19,20)21)5-10-13(28)24(6-11(26)27)16(29)30-10/h1-5H,6H2,(H,26,27)/b10-5-. The van der Waals surface area contributed by atoms with Crippen LogP contribution in [0.3, 0.4) is 0 Å². The van der Waals surface area contributed by atoms with Gasteiger partial charge in [-0.3, -0.25) is 14.5 Å². The molecule has 1 saturated heterocycles. The molecule has 0 spiro atoms. The minimum atomic E-state index is -4.65. The summed E-state index contributed by atoms with van der Waals surface area (Å²) in [4.78, 5) is 28.9. The van der Waals surface area contributed by atoms with E-state index in [9.17, 15) is 22.8 Å². The van der Waals surface area contributed by atoms with Crippen molar-refractivity contribution in [2.75, 3.05) is 6.54 Å². The van der Waals surface area contributed by atoms with Crippen LogP contribution in [0.4, 0.5) is 13.2 Å². The van der Waals surface area contributed by atoms with E-state index in [1.54, 1.807) is 24.3 Å². The van der Waals surface area contributed by atoms with E-state index in [-0.39, 0.29) is 19.9 Å². The van der Waals surface area contributed by atoms with Gasteiger partial charge in [0.25, 0.3) is 5.91 Å². The highest BCUT2D eigenvalue weighted by Gasteiger charge is 2.37. The lowest BCUT2D eigenvalue weighted by Gasteiger charge is -2.10. The van der Waals surface area contributed by atoms with Crippen molar-refractivity contribution in [3.8, 4) is 11.3 Å². The van der Waals surface area contributed by atoms with Crippen molar-refractivity contribution < 1.29 is 27.9 Å². The molecule has 4 rings (SSSR count). The molecule has 0 atom stereocenters. The molecule has 31 heavy (non-hydrogen) atoms. The van der Waals surface area contributed by atoms with Crippen LogP contribution in [-0.2, 0) is 15.8 Å². The van der Waals surface area contributed by atoms with Crippen LogP contribution in [0, 0.1) is 0 Å². The lowest BCUT2D eigenvalue weighted by molar-refractivity contribution is -0.140. The van der Waals surface area contributed by atoms with Crippen LogP contribution in [0.2, 0.25) is 0 Å². The highest BCUT2D eigenvalue weighted by molar-refractivity contribution is 9.10. The summed E-state index contributed by atoms with van der Waals surface area (Å²) < 4.78 is 41.2. The van der Waals surface area contributed by atoms with Crippen LogP contribution in [-0.4, -0.2) is 47.3 Å². The van der Waals surface area contributed by atoms with E-state index in [4.69, 9.17) is 17.3 Å². The van der Waals surface area contributed by atoms with Gasteiger partial charge in [-0.1, -0.05) is 69.4 Å². The summed E-state index contributed by atoms with van der Waals surface area (Å²) in [5.41, 5.74) is 1.04. The number of carboxylic acid groups (broad SMARTS) is 1. The van der Waals surface area contributed by atoms with Gasteiger partial charge in [0.2, 0.25) is 9.97 Å². The van der Waals surface area contributed by atoms with Crippen molar-refractivity contribution in [1.82, 2.24) is 19.5 Å². The quantitative estimate of drug-likeness (QED) is 0.378. The summed E-state index contributed by atoms with van der Waals surface area (Å²) in [6, 6.07) is 6.96. The van der Waals surface area contributed by atoms with Crippen molar-refractivity contribution in [1.29, 1.82) is 0 Å². The smallest absolute Gasteiger partial charge is 0.445 e. The molecule has 3 aromatic rings. The zero-order valence-electron chi connectivity index (χ0n) is 14.9. The maximum Gasteiger partial charge on any atom is 0.445 e. The molecule has 0 unspecified atom stereocenters. The van der Waals surface area contributed by atoms with E-state index in [0.717, 1.165) is 21.2 Å². The second-order valence-electron chi connectivity index (χ2n) is 6.09. The number of aliphatic carboxylic acids is 1. The normalized spacial score (nSPS) is 16.1. The molecule has 0 saturated carbocycles. The first-order chi connectivity index (χ1) is 14.6. The molecule has 0 bridgehead atoms. The number of carbonyl (C=O) groups is 2. The van der Waals surface area contributed by atoms with Crippen LogP contribution < -0.4 is 0 Å². The maximum absolute atomic E-state index is 13.2. The number of rotatable bonds is 4. The van der Waals surface area contributed by atoms with E-state index >= 15 is 0 Å². The topological polar surface area (TPSA) is 87.8 Å². The van der Waals surface area contributed by atoms with E-state index in [1.165, 1.54) is 6.08 Å². The minimum absolute atomic E-state index is 0.00894. The Balaban J connectivity index is 1.90. The van der Waals surface area contributed by atoms with Gasteiger partial charge < -0.3 is 5.11 Å². The largest absolute Gasteiger partial charge is 0.480 e. The molecule has 1 aromatic carbocycles. The third kappa shape index (κ3) is 4.12. The summed E-state index contributed by atoms with van der Waals surface area (Å²) in [7, 11) is 0. The average Bonchev–Trinajstić information content (AvgIpc) is 3.31. The molecule has 160 valence electrons. The van der Waals surface area contributed by atoms with Crippen molar-refractivity contribution in [2.45, 2.75) is 6.18 Å². The van der Waals surface area contributed by atoms with E-state index in [0.29, 0.717) is 27.1 Å². The van der Waals surface area contributed by atoms with Crippen molar-refractivity contribution in [2.24, 2.45) is 0 Å². The summed E-state index contributed by atoms with van der Waals surface area (Å²) >= 11 is 9.70. The van der Waals surface area contributed by atoms with Gasteiger partial charge in [0.05, 0.1) is 10.6 Å². The van der Waals surface area contributed by atoms with Crippen LogP contribution in [0.25, 0.3) is 22.3 Å². The van der Waals surface area contributed by atoms with Gasteiger partial charge in [0.1, 0.15) is 16.6 Å². The second kappa shape index (κ2) is 8.00. The van der Waals surface area contributed by atoms with Gasteiger partial charge in [-0.15, -0.1) is 5.10 Å². The number of hydrogen-bond donors (Lipinski definition) is 1. The first-order valence-electron chi connectivity index (χ1n) is 8.25. The van der Waals surface area contributed by atoms with Crippen LogP contribution in [0.5, 0.6) is 0 Å². The Morgan fingerprint density at radius 3 is 2.68 bits per heavy atom. The Labute approximate surface area is 193 Å². The number of carboxylic acids is 1. The van der Waals surface area contributed by atoms with Gasteiger partial charge in [-0.2, -0.15) is 13.2 Å². The monoisotopic (exact) mass is 548 g/mol. The number of alkyl halides is 3. The number of thiocarbonyl (C=S) groups is 1. The molecule has 1 aliphatic heterocycles. The van der Waals surface area contributed by atoms with Crippen LogP contribution in [0.15, 0.2) is 33.6 Å². The molecule has 1 amide bonds. The second-order valence-corrected chi connectivity index (χ2v) is 9.57. The first kappa shape index (κ1) is 21.9. The van der Waals surface area contributed by atoms with Crippen LogP contribution >= 0.6 is 51.2 Å². The Morgan fingerprint density at radius 1 is 1.32 bits per heavy atom. The molecule has 1 aliphatic rings. The fourth-order valence-electron chi connectivity index (χ4n) is 2.76. The summed E-state index contributed by atoms with van der Waals surface area (Å²) in [6.45, 7) is -0.615. The zero-order chi connectivity index (χ0) is 22.5. The highest BCUT2D eigenvalue weighted by Crippen LogP contribution is 2.39. The lowest BCUT2D eigenvalue weighted by atomic mass is 10.1. The number of amides is 1. The summed E-state index contributed by atoms with van der Waals surface area (Å²) in [6.07, 6.45) is -3.32. The molecule has 2 aromatic heterocycles. The molecule has 7 nitrogen and oxygen atoms in total. The molecule has 14 heteroatoms. The van der Waals surface area contributed by atoms with Crippen molar-refractivity contribution in [3.05, 3.63) is 44.3 Å². The van der Waals surface area contributed by atoms with Gasteiger partial charge in [0.15, 0.2) is 0 Å². The molecule has 1 fully saturated rings. The summed E-state index contributed by atoms with van der Waals surface area (Å²) in [5, 5.41) is 11.5. The predicted octanol–water partition coefficient (Wildman–Crippen LogP) is 4.52. The molecule has 1 N–H and O–H groups in total. The van der Waals surface area contributed by atoms with Gasteiger partial charge in [-0.05, 0) is 12.1 Å². The van der Waals surface area contributed by atoms with Gasteiger partial charge >= 0.3 is 12.1 Å². The molecule has 0 aliphatic carbocycles. The number of imidazole rings is 1. The fourth-order valence-corrected chi connectivity index (χ4v) is 5.23.